The third-order valence-electron chi connectivity index (χ3n) is 6.32. The fourth-order valence-corrected chi connectivity index (χ4v) is 4.80. The van der Waals surface area contributed by atoms with Gasteiger partial charge in [-0.05, 0) is 62.3 Å². The summed E-state index contributed by atoms with van der Waals surface area (Å²) in [6, 6.07) is 0.797. The van der Waals surface area contributed by atoms with Crippen molar-refractivity contribution in [1.82, 2.24) is 4.98 Å². The summed E-state index contributed by atoms with van der Waals surface area (Å²) in [7, 11) is 0. The minimum Gasteiger partial charge on any atom is -0.202 e. The smallest absolute Gasteiger partial charge is 0.202 e. The summed E-state index contributed by atoms with van der Waals surface area (Å²) in [5, 5.41) is 0. The van der Waals surface area contributed by atoms with Gasteiger partial charge >= 0.3 is 0 Å². The molecular formula is C22H28F3N. The molecule has 0 unspecified atom stereocenters. The van der Waals surface area contributed by atoms with Gasteiger partial charge in [0, 0.05) is 5.92 Å². The number of rotatable bonds is 3. The molecule has 1 aromatic rings. The minimum atomic E-state index is -1.41. The largest absolute Gasteiger partial charge is 0.251 e. The van der Waals surface area contributed by atoms with Crippen molar-refractivity contribution in [3.63, 3.8) is 0 Å². The maximum absolute atomic E-state index is 13.6. The van der Waals surface area contributed by atoms with Crippen molar-refractivity contribution in [2.75, 3.05) is 0 Å². The molecule has 0 saturated heterocycles. The molecule has 1 nitrogen and oxygen atoms in total. The highest BCUT2D eigenvalue weighted by molar-refractivity contribution is 5.33. The van der Waals surface area contributed by atoms with E-state index >= 15 is 0 Å². The lowest BCUT2D eigenvalue weighted by atomic mass is 9.69. The average Bonchev–Trinajstić information content (AvgIpc) is 2.65. The SMILES string of the molecule is CCC[C@H]1CC[C@H]([C@H]2CC[C@H](C#Cc3cc(F)c(F)nc3F)CC2)CC1. The van der Waals surface area contributed by atoms with E-state index in [1.165, 1.54) is 51.4 Å². The van der Waals surface area contributed by atoms with Crippen LogP contribution in [-0.4, -0.2) is 4.98 Å². The summed E-state index contributed by atoms with van der Waals surface area (Å²) in [5.41, 5.74) is -0.153. The van der Waals surface area contributed by atoms with E-state index in [4.69, 9.17) is 0 Å². The van der Waals surface area contributed by atoms with E-state index in [2.05, 4.69) is 23.7 Å². The molecule has 2 fully saturated rings. The van der Waals surface area contributed by atoms with Gasteiger partial charge in [0.1, 0.15) is 0 Å². The molecule has 4 heteroatoms. The molecule has 0 aromatic carbocycles. The van der Waals surface area contributed by atoms with Crippen LogP contribution >= 0.6 is 0 Å². The maximum atomic E-state index is 13.6. The molecule has 0 radical (unpaired) electrons. The lowest BCUT2D eigenvalue weighted by Gasteiger charge is -2.37. The summed E-state index contributed by atoms with van der Waals surface area (Å²) in [5.74, 6) is 4.95. The van der Waals surface area contributed by atoms with E-state index in [1.807, 2.05) is 0 Å². The molecule has 26 heavy (non-hydrogen) atoms. The number of hydrogen-bond donors (Lipinski definition) is 0. The Morgan fingerprint density at radius 2 is 1.54 bits per heavy atom. The molecule has 0 amide bonds. The fourth-order valence-electron chi connectivity index (χ4n) is 4.80. The third kappa shape index (κ3) is 4.81. The highest BCUT2D eigenvalue weighted by Gasteiger charge is 2.30. The van der Waals surface area contributed by atoms with Gasteiger partial charge in [0.25, 0.3) is 5.95 Å². The van der Waals surface area contributed by atoms with Gasteiger partial charge in [0.2, 0.25) is 5.95 Å². The Kier molecular flexibility index (Phi) is 6.62. The molecule has 2 saturated carbocycles. The van der Waals surface area contributed by atoms with E-state index in [-0.39, 0.29) is 11.5 Å². The van der Waals surface area contributed by atoms with Gasteiger partial charge in [0.05, 0.1) is 5.56 Å². The number of pyridine rings is 1. The van der Waals surface area contributed by atoms with Gasteiger partial charge in [0.15, 0.2) is 5.82 Å². The predicted molar refractivity (Wildman–Crippen MR) is 96.8 cm³/mol. The van der Waals surface area contributed by atoms with Crippen molar-refractivity contribution in [2.24, 2.45) is 23.7 Å². The van der Waals surface area contributed by atoms with Crippen LogP contribution in [-0.2, 0) is 0 Å². The highest BCUT2D eigenvalue weighted by Crippen LogP contribution is 2.42. The second-order valence-corrected chi connectivity index (χ2v) is 8.05. The first-order valence-electron chi connectivity index (χ1n) is 10.1. The molecule has 3 rings (SSSR count). The molecule has 0 bridgehead atoms. The maximum Gasteiger partial charge on any atom is 0.251 e. The number of nitrogens with zero attached hydrogens (tertiary/aromatic N) is 1. The fraction of sp³-hybridized carbons (Fsp3) is 0.682. The number of halogens is 3. The Labute approximate surface area is 154 Å². The van der Waals surface area contributed by atoms with Crippen molar-refractivity contribution in [3.05, 3.63) is 29.3 Å². The Balaban J connectivity index is 1.50. The molecule has 2 aliphatic rings. The Hall–Kier alpha value is -1.50. The zero-order valence-electron chi connectivity index (χ0n) is 15.5. The van der Waals surface area contributed by atoms with Crippen LogP contribution in [0, 0.1) is 53.2 Å². The van der Waals surface area contributed by atoms with Crippen molar-refractivity contribution in [2.45, 2.75) is 71.1 Å². The third-order valence-corrected chi connectivity index (χ3v) is 6.32. The van der Waals surface area contributed by atoms with Gasteiger partial charge in [-0.15, -0.1) is 0 Å². The van der Waals surface area contributed by atoms with Gasteiger partial charge in [-0.2, -0.15) is 13.8 Å². The van der Waals surface area contributed by atoms with Crippen molar-refractivity contribution < 1.29 is 13.2 Å². The van der Waals surface area contributed by atoms with E-state index in [1.54, 1.807) is 0 Å². The van der Waals surface area contributed by atoms with Crippen LogP contribution in [0.5, 0.6) is 0 Å². The second-order valence-electron chi connectivity index (χ2n) is 8.05. The molecule has 1 heterocycles. The van der Waals surface area contributed by atoms with Crippen molar-refractivity contribution >= 4 is 0 Å². The lowest BCUT2D eigenvalue weighted by Crippen LogP contribution is -2.25. The monoisotopic (exact) mass is 363 g/mol. The first-order valence-corrected chi connectivity index (χ1v) is 10.1. The quantitative estimate of drug-likeness (QED) is 0.456. The Morgan fingerprint density at radius 3 is 2.15 bits per heavy atom. The zero-order chi connectivity index (χ0) is 18.5. The Bertz CT molecular complexity index is 660. The van der Waals surface area contributed by atoms with Crippen LogP contribution in [0.1, 0.15) is 76.7 Å². The number of aromatic nitrogens is 1. The van der Waals surface area contributed by atoms with Crippen LogP contribution < -0.4 is 0 Å². The van der Waals surface area contributed by atoms with Gasteiger partial charge in [-0.3, -0.25) is 0 Å². The molecule has 0 atom stereocenters. The van der Waals surface area contributed by atoms with E-state index < -0.39 is 17.7 Å². The normalized spacial score (nSPS) is 29.1. The summed E-state index contributed by atoms with van der Waals surface area (Å²) in [6.45, 7) is 2.27. The summed E-state index contributed by atoms with van der Waals surface area (Å²) < 4.78 is 39.6. The van der Waals surface area contributed by atoms with Crippen LogP contribution in [0.2, 0.25) is 0 Å². The average molecular weight is 363 g/mol. The predicted octanol–water partition coefficient (Wildman–Crippen LogP) is 6.26. The van der Waals surface area contributed by atoms with Crippen LogP contribution in [0.4, 0.5) is 13.2 Å². The molecule has 1 aromatic heterocycles. The molecule has 0 aliphatic heterocycles. The van der Waals surface area contributed by atoms with Crippen LogP contribution in [0.15, 0.2) is 6.07 Å². The lowest BCUT2D eigenvalue weighted by molar-refractivity contribution is 0.154. The van der Waals surface area contributed by atoms with Gasteiger partial charge < -0.3 is 0 Å². The van der Waals surface area contributed by atoms with E-state index in [0.717, 1.165) is 36.7 Å². The molecule has 142 valence electrons. The summed E-state index contributed by atoms with van der Waals surface area (Å²) in [4.78, 5) is 2.92. The Morgan fingerprint density at radius 1 is 0.923 bits per heavy atom. The zero-order valence-corrected chi connectivity index (χ0v) is 15.5. The van der Waals surface area contributed by atoms with E-state index in [0.29, 0.717) is 0 Å². The first-order chi connectivity index (χ1) is 12.6. The first kappa shape index (κ1) is 19.3. The van der Waals surface area contributed by atoms with Crippen LogP contribution in [0.3, 0.4) is 0 Å². The molecule has 0 N–H and O–H groups in total. The minimum absolute atomic E-state index is 0.153. The molecule has 2 aliphatic carbocycles. The highest BCUT2D eigenvalue weighted by atomic mass is 19.2. The van der Waals surface area contributed by atoms with Crippen LogP contribution in [0.25, 0.3) is 0 Å². The second kappa shape index (κ2) is 8.93. The molecule has 0 spiro atoms. The van der Waals surface area contributed by atoms with Gasteiger partial charge in [-0.25, -0.2) is 4.39 Å². The van der Waals surface area contributed by atoms with Crippen molar-refractivity contribution in [3.8, 4) is 11.8 Å². The van der Waals surface area contributed by atoms with E-state index in [9.17, 15) is 13.2 Å². The number of hydrogen-bond acceptors (Lipinski definition) is 1. The van der Waals surface area contributed by atoms with Gasteiger partial charge in [-0.1, -0.05) is 44.4 Å². The summed E-state index contributed by atoms with van der Waals surface area (Å²) >= 11 is 0. The van der Waals surface area contributed by atoms with Crippen molar-refractivity contribution in [1.29, 1.82) is 0 Å². The summed E-state index contributed by atoms with van der Waals surface area (Å²) in [6.07, 6.45) is 12.6. The topological polar surface area (TPSA) is 12.9 Å². The molecular weight excluding hydrogens is 335 g/mol. The standard InChI is InChI=1S/C22H28F3N/c1-2-3-15-4-9-17(10-5-15)18-11-6-16(7-12-18)8-13-19-14-20(23)22(25)26-21(19)24/h14-18H,2-7,9-12H2,1H3/t15-,16-,17-,18-.